The van der Waals surface area contributed by atoms with Gasteiger partial charge >= 0.3 is 0 Å². The Kier molecular flexibility index (Phi) is 7.95. The summed E-state index contributed by atoms with van der Waals surface area (Å²) >= 11 is 0. The molecule has 0 aliphatic carbocycles. The van der Waals surface area contributed by atoms with Crippen molar-refractivity contribution in [2.45, 2.75) is 52.0 Å². The first-order valence-corrected chi connectivity index (χ1v) is 9.62. The molecule has 7 nitrogen and oxygen atoms in total. The third kappa shape index (κ3) is 5.44. The Balaban J connectivity index is 2.73. The van der Waals surface area contributed by atoms with Crippen molar-refractivity contribution in [1.29, 1.82) is 5.26 Å². The smallest absolute Gasteiger partial charge is 0.282 e. The first kappa shape index (κ1) is 19.9. The molecule has 2 unspecified atom stereocenters. The average molecular weight is 344 g/mol. The van der Waals surface area contributed by atoms with Gasteiger partial charge < -0.3 is 5.32 Å². The van der Waals surface area contributed by atoms with Crippen molar-refractivity contribution in [3.63, 3.8) is 0 Å². The Bertz CT molecular complexity index is 529. The number of hydrogen-bond acceptors (Lipinski definition) is 4. The van der Waals surface area contributed by atoms with Crippen molar-refractivity contribution < 1.29 is 13.2 Å². The fourth-order valence-electron chi connectivity index (χ4n) is 2.64. The summed E-state index contributed by atoms with van der Waals surface area (Å²) in [4.78, 5) is 12.2. The SMILES string of the molecule is CCCCNC(=O)C1CCC(C)N(S(=O)(=O)N(C)CCC#N)C1. The van der Waals surface area contributed by atoms with E-state index in [1.54, 1.807) is 0 Å². The van der Waals surface area contributed by atoms with Gasteiger partial charge in [-0.2, -0.15) is 22.3 Å². The number of hydrogen-bond donors (Lipinski definition) is 1. The van der Waals surface area contributed by atoms with Crippen molar-refractivity contribution >= 4 is 16.1 Å². The number of carbonyl (C=O) groups is 1. The lowest BCUT2D eigenvalue weighted by molar-refractivity contribution is -0.126. The van der Waals surface area contributed by atoms with Crippen molar-refractivity contribution in [2.24, 2.45) is 5.92 Å². The summed E-state index contributed by atoms with van der Waals surface area (Å²) in [6.07, 6.45) is 3.45. The van der Waals surface area contributed by atoms with E-state index >= 15 is 0 Å². The minimum absolute atomic E-state index is 0.0646. The van der Waals surface area contributed by atoms with Crippen LogP contribution in [-0.2, 0) is 15.0 Å². The topological polar surface area (TPSA) is 93.5 Å². The van der Waals surface area contributed by atoms with Crippen LogP contribution in [0.1, 0.15) is 46.0 Å². The molecule has 1 rings (SSSR count). The molecule has 132 valence electrons. The molecule has 0 bridgehead atoms. The van der Waals surface area contributed by atoms with Crippen LogP contribution in [-0.4, -0.2) is 55.7 Å². The fourth-order valence-corrected chi connectivity index (χ4v) is 4.25. The molecule has 0 saturated carbocycles. The third-order valence-corrected chi connectivity index (χ3v) is 6.33. The van der Waals surface area contributed by atoms with E-state index in [0.29, 0.717) is 19.4 Å². The molecule has 2 atom stereocenters. The van der Waals surface area contributed by atoms with E-state index in [-0.39, 0.29) is 37.4 Å². The summed E-state index contributed by atoms with van der Waals surface area (Å²) < 4.78 is 27.9. The Morgan fingerprint density at radius 3 is 2.74 bits per heavy atom. The van der Waals surface area contributed by atoms with Crippen molar-refractivity contribution in [2.75, 3.05) is 26.7 Å². The Morgan fingerprint density at radius 2 is 2.13 bits per heavy atom. The monoisotopic (exact) mass is 344 g/mol. The summed E-state index contributed by atoms with van der Waals surface area (Å²) in [5.74, 6) is -0.368. The number of carbonyl (C=O) groups excluding carboxylic acids is 1. The van der Waals surface area contributed by atoms with Gasteiger partial charge in [0.25, 0.3) is 10.2 Å². The molecular weight excluding hydrogens is 316 g/mol. The number of nitrogens with zero attached hydrogens (tertiary/aromatic N) is 3. The van der Waals surface area contributed by atoms with Crippen LogP contribution in [0.2, 0.25) is 0 Å². The second-order valence-electron chi connectivity index (χ2n) is 6.07. The van der Waals surface area contributed by atoms with Crippen LogP contribution in [0.5, 0.6) is 0 Å². The van der Waals surface area contributed by atoms with Gasteiger partial charge in [0.2, 0.25) is 5.91 Å². The van der Waals surface area contributed by atoms with Crippen LogP contribution in [0, 0.1) is 17.2 Å². The van der Waals surface area contributed by atoms with Gasteiger partial charge in [-0.05, 0) is 26.2 Å². The second kappa shape index (κ2) is 9.21. The van der Waals surface area contributed by atoms with Gasteiger partial charge in [-0.3, -0.25) is 4.79 Å². The first-order valence-electron chi connectivity index (χ1n) is 8.22. The third-order valence-electron chi connectivity index (χ3n) is 4.25. The predicted molar refractivity (Wildman–Crippen MR) is 88.6 cm³/mol. The Labute approximate surface area is 139 Å². The van der Waals surface area contributed by atoms with E-state index in [0.717, 1.165) is 12.8 Å². The number of unbranched alkanes of at least 4 members (excludes halogenated alkanes) is 1. The Morgan fingerprint density at radius 1 is 1.43 bits per heavy atom. The highest BCUT2D eigenvalue weighted by Crippen LogP contribution is 2.26. The molecule has 1 aliphatic heterocycles. The van der Waals surface area contributed by atoms with Gasteiger partial charge in [-0.15, -0.1) is 0 Å². The Hall–Kier alpha value is -1.17. The standard InChI is InChI=1S/C15H28N4O3S/c1-4-5-10-17-15(20)14-8-7-13(2)19(12-14)23(21,22)18(3)11-6-9-16/h13-14H,4-8,10-12H2,1-3H3,(H,17,20). The van der Waals surface area contributed by atoms with E-state index in [2.05, 4.69) is 12.2 Å². The van der Waals surface area contributed by atoms with Crippen LogP contribution in [0.3, 0.4) is 0 Å². The van der Waals surface area contributed by atoms with Gasteiger partial charge in [-0.25, -0.2) is 0 Å². The number of nitriles is 1. The molecule has 1 N–H and O–H groups in total. The molecule has 8 heteroatoms. The first-order chi connectivity index (χ1) is 10.8. The zero-order valence-corrected chi connectivity index (χ0v) is 15.1. The molecule has 1 amide bonds. The molecule has 1 heterocycles. The summed E-state index contributed by atoms with van der Waals surface area (Å²) in [6, 6.07) is 1.82. The molecule has 0 aromatic carbocycles. The molecule has 23 heavy (non-hydrogen) atoms. The van der Waals surface area contributed by atoms with Gasteiger partial charge in [0, 0.05) is 39.1 Å². The van der Waals surface area contributed by atoms with Crippen LogP contribution in [0.25, 0.3) is 0 Å². The van der Waals surface area contributed by atoms with Crippen molar-refractivity contribution in [3.05, 3.63) is 0 Å². The van der Waals surface area contributed by atoms with Crippen LogP contribution < -0.4 is 5.32 Å². The van der Waals surface area contributed by atoms with Gasteiger partial charge in [-0.1, -0.05) is 13.3 Å². The van der Waals surface area contributed by atoms with Crippen molar-refractivity contribution in [1.82, 2.24) is 13.9 Å². The maximum Gasteiger partial charge on any atom is 0.282 e. The number of piperidine rings is 1. The van der Waals surface area contributed by atoms with E-state index < -0.39 is 10.2 Å². The largest absolute Gasteiger partial charge is 0.356 e. The van der Waals surface area contributed by atoms with E-state index in [9.17, 15) is 13.2 Å². The molecule has 0 aromatic rings. The minimum Gasteiger partial charge on any atom is -0.356 e. The van der Waals surface area contributed by atoms with Crippen LogP contribution >= 0.6 is 0 Å². The molecular formula is C15H28N4O3S. The number of amides is 1. The van der Waals surface area contributed by atoms with Crippen LogP contribution in [0.15, 0.2) is 0 Å². The lowest BCUT2D eigenvalue weighted by Gasteiger charge is -2.38. The summed E-state index contributed by atoms with van der Waals surface area (Å²) in [5, 5.41) is 11.5. The van der Waals surface area contributed by atoms with E-state index in [1.807, 2.05) is 13.0 Å². The molecule has 1 aliphatic rings. The van der Waals surface area contributed by atoms with E-state index in [1.165, 1.54) is 15.7 Å². The molecule has 0 spiro atoms. The lowest BCUT2D eigenvalue weighted by atomic mass is 9.94. The molecule has 1 fully saturated rings. The normalized spacial score (nSPS) is 22.7. The number of nitrogens with one attached hydrogen (secondary N) is 1. The second-order valence-corrected chi connectivity index (χ2v) is 8.06. The maximum absolute atomic E-state index is 12.6. The summed E-state index contributed by atoms with van der Waals surface area (Å²) in [7, 11) is -2.16. The van der Waals surface area contributed by atoms with E-state index in [4.69, 9.17) is 5.26 Å². The molecule has 0 radical (unpaired) electrons. The number of rotatable bonds is 8. The van der Waals surface area contributed by atoms with Gasteiger partial charge in [0.05, 0.1) is 12.0 Å². The minimum atomic E-state index is -3.64. The fraction of sp³-hybridized carbons (Fsp3) is 0.867. The van der Waals surface area contributed by atoms with Crippen molar-refractivity contribution in [3.8, 4) is 6.07 Å². The molecule has 0 aromatic heterocycles. The van der Waals surface area contributed by atoms with Gasteiger partial charge in [0.1, 0.15) is 0 Å². The maximum atomic E-state index is 12.6. The summed E-state index contributed by atoms with van der Waals surface area (Å²) in [5.41, 5.74) is 0. The highest BCUT2D eigenvalue weighted by molar-refractivity contribution is 7.86. The predicted octanol–water partition coefficient (Wildman–Crippen LogP) is 1.09. The zero-order chi connectivity index (χ0) is 17.5. The quantitative estimate of drug-likeness (QED) is 0.667. The summed E-state index contributed by atoms with van der Waals surface area (Å²) in [6.45, 7) is 4.92. The lowest BCUT2D eigenvalue weighted by Crippen LogP contribution is -2.53. The average Bonchev–Trinajstić information content (AvgIpc) is 2.52. The van der Waals surface area contributed by atoms with Gasteiger partial charge in [0.15, 0.2) is 0 Å². The zero-order valence-electron chi connectivity index (χ0n) is 14.3. The highest BCUT2D eigenvalue weighted by Gasteiger charge is 2.38. The van der Waals surface area contributed by atoms with Crippen LogP contribution in [0.4, 0.5) is 0 Å². The highest BCUT2D eigenvalue weighted by atomic mass is 32.2. The molecule has 1 saturated heterocycles.